The van der Waals surface area contributed by atoms with Gasteiger partial charge in [-0.2, -0.15) is 0 Å². The first-order valence-electron chi connectivity index (χ1n) is 6.16. The Balaban J connectivity index is 0.00000144. The molecule has 1 amide bonds. The lowest BCUT2D eigenvalue weighted by Gasteiger charge is -2.34. The van der Waals surface area contributed by atoms with E-state index in [-0.39, 0.29) is 23.7 Å². The minimum atomic E-state index is -0.372. The van der Waals surface area contributed by atoms with Gasteiger partial charge in [0.1, 0.15) is 0 Å². The van der Waals surface area contributed by atoms with Crippen molar-refractivity contribution in [2.24, 2.45) is 16.6 Å². The van der Waals surface area contributed by atoms with E-state index >= 15 is 0 Å². The highest BCUT2D eigenvalue weighted by atomic mass is 35.5. The highest BCUT2D eigenvalue weighted by Crippen LogP contribution is 2.44. The molecule has 0 bridgehead atoms. The zero-order valence-electron chi connectivity index (χ0n) is 10.5. The van der Waals surface area contributed by atoms with Gasteiger partial charge in [0.05, 0.1) is 5.41 Å². The predicted octanol–water partition coefficient (Wildman–Crippen LogP) is 1.08. The van der Waals surface area contributed by atoms with Crippen LogP contribution in [0.25, 0.3) is 0 Å². The van der Waals surface area contributed by atoms with Crippen LogP contribution in [0.1, 0.15) is 32.6 Å². The lowest BCUT2D eigenvalue weighted by molar-refractivity contribution is -0.136. The molecule has 2 aliphatic rings. The molecule has 0 atom stereocenters. The summed E-state index contributed by atoms with van der Waals surface area (Å²) in [6.07, 6.45) is 3.97. The quantitative estimate of drug-likeness (QED) is 0.797. The molecule has 0 aromatic heterocycles. The third kappa shape index (κ3) is 3.33. The van der Waals surface area contributed by atoms with Gasteiger partial charge in [0, 0.05) is 26.3 Å². The summed E-state index contributed by atoms with van der Waals surface area (Å²) in [5.41, 5.74) is 5.76. The number of halogens is 1. The largest absolute Gasteiger partial charge is 0.381 e. The smallest absolute Gasteiger partial charge is 0.227 e. The van der Waals surface area contributed by atoms with Crippen LogP contribution in [0.2, 0.25) is 0 Å². The van der Waals surface area contributed by atoms with Crippen LogP contribution in [-0.4, -0.2) is 32.2 Å². The van der Waals surface area contributed by atoms with Crippen LogP contribution in [0.5, 0.6) is 0 Å². The number of nitrogens with one attached hydrogen (secondary N) is 1. The van der Waals surface area contributed by atoms with E-state index in [9.17, 15) is 4.79 Å². The summed E-state index contributed by atoms with van der Waals surface area (Å²) in [5.74, 6) is 0.131. The minimum absolute atomic E-state index is 0. The van der Waals surface area contributed by atoms with E-state index < -0.39 is 0 Å². The third-order valence-corrected chi connectivity index (χ3v) is 4.10. The molecule has 0 radical (unpaired) electrons. The van der Waals surface area contributed by atoms with Crippen LogP contribution < -0.4 is 11.1 Å². The number of hydrogen-bond acceptors (Lipinski definition) is 3. The molecule has 3 N–H and O–H groups in total. The summed E-state index contributed by atoms with van der Waals surface area (Å²) in [4.78, 5) is 12.2. The van der Waals surface area contributed by atoms with Crippen LogP contribution in [0, 0.1) is 10.8 Å². The van der Waals surface area contributed by atoms with Crippen LogP contribution in [0.4, 0.5) is 0 Å². The summed E-state index contributed by atoms with van der Waals surface area (Å²) >= 11 is 0. The average molecular weight is 263 g/mol. The molecule has 2 fully saturated rings. The molecule has 0 aromatic carbocycles. The number of ether oxygens (including phenoxy) is 1. The Labute approximate surface area is 109 Å². The second-order valence-corrected chi connectivity index (χ2v) is 5.59. The molecule has 1 aliphatic carbocycles. The fraction of sp³-hybridized carbons (Fsp3) is 0.917. The van der Waals surface area contributed by atoms with Crippen molar-refractivity contribution in [2.75, 3.05) is 26.3 Å². The van der Waals surface area contributed by atoms with Gasteiger partial charge in [0.2, 0.25) is 5.91 Å². The summed E-state index contributed by atoms with van der Waals surface area (Å²) < 4.78 is 5.30. The van der Waals surface area contributed by atoms with Gasteiger partial charge in [-0.3, -0.25) is 4.79 Å². The molecule has 1 saturated carbocycles. The van der Waals surface area contributed by atoms with E-state index in [1.54, 1.807) is 0 Å². The molecule has 0 spiro atoms. The van der Waals surface area contributed by atoms with Crippen molar-refractivity contribution in [3.05, 3.63) is 0 Å². The van der Waals surface area contributed by atoms with Gasteiger partial charge in [-0.05, 0) is 31.1 Å². The molecule has 17 heavy (non-hydrogen) atoms. The third-order valence-electron chi connectivity index (χ3n) is 4.10. The fourth-order valence-electron chi connectivity index (χ4n) is 2.16. The summed E-state index contributed by atoms with van der Waals surface area (Å²) in [6.45, 7) is 4.75. The van der Waals surface area contributed by atoms with Gasteiger partial charge in [-0.15, -0.1) is 12.4 Å². The summed E-state index contributed by atoms with van der Waals surface area (Å²) in [5, 5.41) is 3.07. The Bertz CT molecular complexity index is 274. The number of amides is 1. The molecule has 100 valence electrons. The Morgan fingerprint density at radius 2 is 1.88 bits per heavy atom. The zero-order valence-corrected chi connectivity index (χ0v) is 11.3. The molecule has 1 saturated heterocycles. The summed E-state index contributed by atoms with van der Waals surface area (Å²) in [7, 11) is 0. The lowest BCUT2D eigenvalue weighted by Crippen LogP contribution is -2.50. The van der Waals surface area contributed by atoms with Crippen molar-refractivity contribution >= 4 is 18.3 Å². The molecule has 2 rings (SSSR count). The van der Waals surface area contributed by atoms with Gasteiger partial charge < -0.3 is 15.8 Å². The van der Waals surface area contributed by atoms with Gasteiger partial charge in [0.25, 0.3) is 0 Å². The van der Waals surface area contributed by atoms with Crippen molar-refractivity contribution in [1.29, 1.82) is 0 Å². The first-order valence-corrected chi connectivity index (χ1v) is 6.16. The van der Waals surface area contributed by atoms with Crippen LogP contribution in [-0.2, 0) is 9.53 Å². The average Bonchev–Trinajstić information content (AvgIpc) is 3.06. The fourth-order valence-corrected chi connectivity index (χ4v) is 2.16. The van der Waals surface area contributed by atoms with Crippen LogP contribution in [0.3, 0.4) is 0 Å². The zero-order chi connectivity index (χ0) is 11.6. The highest BCUT2D eigenvalue weighted by molar-refractivity contribution is 5.85. The predicted molar refractivity (Wildman–Crippen MR) is 69.1 cm³/mol. The number of hydrogen-bond donors (Lipinski definition) is 2. The molecule has 4 nitrogen and oxygen atoms in total. The Morgan fingerprint density at radius 1 is 1.29 bits per heavy atom. The minimum Gasteiger partial charge on any atom is -0.381 e. The number of carbonyl (C=O) groups is 1. The Morgan fingerprint density at radius 3 is 2.35 bits per heavy atom. The van der Waals surface area contributed by atoms with E-state index in [0.29, 0.717) is 25.2 Å². The molecule has 0 aromatic rings. The molecular formula is C12H23ClN2O2. The van der Waals surface area contributed by atoms with E-state index in [1.165, 1.54) is 12.8 Å². The monoisotopic (exact) mass is 262 g/mol. The standard InChI is InChI=1S/C12H22N2O2.ClH/c1-11(2-3-11)9-14-10(15)12(8-13)4-6-16-7-5-12;/h2-9,13H2,1H3,(H,14,15);1H. The maximum absolute atomic E-state index is 12.2. The van der Waals surface area contributed by atoms with E-state index in [4.69, 9.17) is 10.5 Å². The first kappa shape index (κ1) is 14.7. The SMILES string of the molecule is CC1(CNC(=O)C2(CN)CCOCC2)CC1.Cl. The lowest BCUT2D eigenvalue weighted by atomic mass is 9.79. The van der Waals surface area contributed by atoms with Crippen LogP contribution >= 0.6 is 12.4 Å². The maximum Gasteiger partial charge on any atom is 0.227 e. The van der Waals surface area contributed by atoms with Crippen molar-refractivity contribution in [3.8, 4) is 0 Å². The summed E-state index contributed by atoms with van der Waals surface area (Å²) in [6, 6.07) is 0. The Hall–Kier alpha value is -0.320. The van der Waals surface area contributed by atoms with Crippen LogP contribution in [0.15, 0.2) is 0 Å². The molecular weight excluding hydrogens is 240 g/mol. The van der Waals surface area contributed by atoms with Crippen molar-refractivity contribution in [3.63, 3.8) is 0 Å². The molecule has 1 aliphatic heterocycles. The first-order chi connectivity index (χ1) is 7.60. The van der Waals surface area contributed by atoms with Gasteiger partial charge in [-0.1, -0.05) is 6.92 Å². The second kappa shape index (κ2) is 5.55. The number of carbonyl (C=O) groups excluding carboxylic acids is 1. The maximum atomic E-state index is 12.2. The van der Waals surface area contributed by atoms with Crippen molar-refractivity contribution in [1.82, 2.24) is 5.32 Å². The molecule has 5 heteroatoms. The topological polar surface area (TPSA) is 64.4 Å². The van der Waals surface area contributed by atoms with Gasteiger partial charge in [0.15, 0.2) is 0 Å². The number of nitrogens with two attached hydrogens (primary N) is 1. The van der Waals surface area contributed by atoms with Gasteiger partial charge >= 0.3 is 0 Å². The van der Waals surface area contributed by atoms with Gasteiger partial charge in [-0.25, -0.2) is 0 Å². The van der Waals surface area contributed by atoms with E-state index in [0.717, 1.165) is 19.4 Å². The Kier molecular flexibility index (Phi) is 4.81. The van der Waals surface area contributed by atoms with Crippen molar-refractivity contribution < 1.29 is 9.53 Å². The molecule has 0 unspecified atom stereocenters. The molecule has 1 heterocycles. The normalized spacial score (nSPS) is 24.6. The van der Waals surface area contributed by atoms with E-state index in [1.807, 2.05) is 0 Å². The highest BCUT2D eigenvalue weighted by Gasteiger charge is 2.42. The van der Waals surface area contributed by atoms with Crippen molar-refractivity contribution in [2.45, 2.75) is 32.6 Å². The number of rotatable bonds is 4. The van der Waals surface area contributed by atoms with E-state index in [2.05, 4.69) is 12.2 Å². The second-order valence-electron chi connectivity index (χ2n) is 5.59.